The predicted octanol–water partition coefficient (Wildman–Crippen LogP) is 7.84. The highest BCUT2D eigenvalue weighted by Gasteiger charge is 2.39. The molecule has 1 aliphatic rings. The van der Waals surface area contributed by atoms with Crippen LogP contribution in [0, 0.1) is 0 Å². The molecule has 0 saturated heterocycles. The van der Waals surface area contributed by atoms with Gasteiger partial charge in [0.2, 0.25) is 0 Å². The molecule has 4 nitrogen and oxygen atoms in total. The summed E-state index contributed by atoms with van der Waals surface area (Å²) in [6, 6.07) is 17.1. The van der Waals surface area contributed by atoms with Gasteiger partial charge in [-0.25, -0.2) is 0 Å². The Morgan fingerprint density at radius 2 is 1.72 bits per heavy atom. The van der Waals surface area contributed by atoms with Crippen molar-refractivity contribution in [2.45, 2.75) is 70.6 Å². The van der Waals surface area contributed by atoms with E-state index in [4.69, 9.17) is 5.11 Å². The van der Waals surface area contributed by atoms with Gasteiger partial charge in [-0.05, 0) is 54.0 Å². The van der Waals surface area contributed by atoms with Gasteiger partial charge < -0.3 is 15.3 Å². The molecule has 4 heteroatoms. The van der Waals surface area contributed by atoms with Crippen LogP contribution in [0.3, 0.4) is 0 Å². The van der Waals surface area contributed by atoms with E-state index in [-0.39, 0.29) is 17.3 Å². The molecule has 0 aliphatic carbocycles. The molecule has 0 radical (unpaired) electrons. The number of para-hydroxylation sites is 2. The van der Waals surface area contributed by atoms with Crippen LogP contribution in [0.5, 0.6) is 0 Å². The molecule has 2 aromatic carbocycles. The summed E-state index contributed by atoms with van der Waals surface area (Å²) in [5.74, 6) is -0.712. The summed E-state index contributed by atoms with van der Waals surface area (Å²) in [5.41, 5.74) is 6.36. The quantitative estimate of drug-likeness (QED) is 0.237. The zero-order valence-corrected chi connectivity index (χ0v) is 22.6. The molecule has 0 unspecified atom stereocenters. The Balaban J connectivity index is 1.69. The van der Waals surface area contributed by atoms with Crippen molar-refractivity contribution in [2.75, 3.05) is 23.8 Å². The average molecular weight is 487 g/mol. The average Bonchev–Trinajstić information content (AvgIpc) is 3.07. The predicted molar refractivity (Wildman–Crippen MR) is 153 cm³/mol. The first-order valence-electron chi connectivity index (χ1n) is 13.1. The van der Waals surface area contributed by atoms with E-state index in [0.717, 1.165) is 32.2 Å². The third-order valence-electron chi connectivity index (χ3n) is 7.24. The van der Waals surface area contributed by atoms with E-state index < -0.39 is 5.97 Å². The molecule has 2 aromatic rings. The first kappa shape index (κ1) is 27.3. The molecule has 1 aliphatic heterocycles. The van der Waals surface area contributed by atoms with Crippen LogP contribution in [-0.4, -0.2) is 24.7 Å². The minimum Gasteiger partial charge on any atom is -0.481 e. The smallest absolute Gasteiger partial charge is 0.303 e. The van der Waals surface area contributed by atoms with E-state index in [1.807, 2.05) is 7.05 Å². The van der Waals surface area contributed by atoms with Gasteiger partial charge >= 0.3 is 5.97 Å². The molecule has 0 fully saturated rings. The fourth-order valence-electron chi connectivity index (χ4n) is 5.16. The van der Waals surface area contributed by atoms with E-state index in [2.05, 4.69) is 117 Å². The summed E-state index contributed by atoms with van der Waals surface area (Å²) in [4.78, 5) is 13.3. The van der Waals surface area contributed by atoms with Gasteiger partial charge in [-0.1, -0.05) is 94.8 Å². The number of allylic oxidation sites excluding steroid dienone is 6. The summed E-state index contributed by atoms with van der Waals surface area (Å²) in [7, 11) is 1.98. The fraction of sp³-hybridized carbons (Fsp3) is 0.406. The number of aliphatic carboxylic acids is 1. The molecule has 1 heterocycles. The van der Waals surface area contributed by atoms with Crippen molar-refractivity contribution in [3.05, 3.63) is 95.7 Å². The lowest BCUT2D eigenvalue weighted by Gasteiger charge is -2.27. The number of fused-ring (bicyclic) bond motifs is 1. The topological polar surface area (TPSA) is 52.6 Å². The van der Waals surface area contributed by atoms with Gasteiger partial charge in [-0.15, -0.1) is 0 Å². The molecule has 0 atom stereocenters. The van der Waals surface area contributed by atoms with E-state index in [9.17, 15) is 4.79 Å². The lowest BCUT2D eigenvalue weighted by Crippen LogP contribution is -2.27. The number of hydrogen-bond acceptors (Lipinski definition) is 3. The molecule has 0 bridgehead atoms. The third-order valence-corrected chi connectivity index (χ3v) is 7.24. The van der Waals surface area contributed by atoms with Gasteiger partial charge in [0.05, 0.1) is 0 Å². The van der Waals surface area contributed by atoms with Gasteiger partial charge in [0.25, 0.3) is 0 Å². The summed E-state index contributed by atoms with van der Waals surface area (Å²) in [5, 5.41) is 12.2. The molecule has 0 amide bonds. The van der Waals surface area contributed by atoms with Crippen molar-refractivity contribution < 1.29 is 9.90 Å². The second kappa shape index (κ2) is 12.1. The van der Waals surface area contributed by atoms with E-state index in [1.54, 1.807) is 0 Å². The highest BCUT2D eigenvalue weighted by atomic mass is 16.4. The Labute approximate surface area is 217 Å². The van der Waals surface area contributed by atoms with Crippen LogP contribution < -0.4 is 10.2 Å². The number of rotatable bonds is 12. The maximum Gasteiger partial charge on any atom is 0.303 e. The normalized spacial score (nSPS) is 16.2. The van der Waals surface area contributed by atoms with Gasteiger partial charge in [0.1, 0.15) is 0 Å². The van der Waals surface area contributed by atoms with Gasteiger partial charge in [0, 0.05) is 42.5 Å². The summed E-state index contributed by atoms with van der Waals surface area (Å²) >= 11 is 0. The largest absolute Gasteiger partial charge is 0.481 e. The van der Waals surface area contributed by atoms with E-state index >= 15 is 0 Å². The molecule has 0 spiro atoms. The number of nitrogens with one attached hydrogen (secondary N) is 1. The number of anilines is 2. The Kier molecular flexibility index (Phi) is 9.19. The van der Waals surface area contributed by atoms with Crippen molar-refractivity contribution >= 4 is 17.3 Å². The first-order chi connectivity index (χ1) is 17.2. The maximum absolute atomic E-state index is 10.8. The van der Waals surface area contributed by atoms with Crippen molar-refractivity contribution in [1.29, 1.82) is 0 Å². The molecular weight excluding hydrogens is 444 g/mol. The number of nitrogens with zero attached hydrogens (tertiary/aromatic N) is 1. The second-order valence-electron chi connectivity index (χ2n) is 10.7. The van der Waals surface area contributed by atoms with Gasteiger partial charge in [0.15, 0.2) is 0 Å². The zero-order chi connectivity index (χ0) is 26.2. The Bertz CT molecular complexity index is 1120. The van der Waals surface area contributed by atoms with Gasteiger partial charge in [-0.2, -0.15) is 0 Å². The van der Waals surface area contributed by atoms with Crippen LogP contribution in [0.25, 0.3) is 0 Å². The standard InChI is InChI=1S/C32H42N2O2/c1-31(2,25-17-11-13-19-27(25)33-5)23-15-7-6-9-21-29-32(3,4)26-18-12-14-20-28(26)34(29)24-16-8-10-22-30(35)36/h6-7,9,11-15,17-21,33H,8,10,16,22-24H2,1-5H3,(H,35,36)/b9-6+,15-7+,29-21+. The Morgan fingerprint density at radius 3 is 2.47 bits per heavy atom. The monoisotopic (exact) mass is 486 g/mol. The number of carboxylic acid groups (broad SMARTS) is 1. The fourth-order valence-corrected chi connectivity index (χ4v) is 5.16. The number of carboxylic acids is 1. The molecule has 2 N–H and O–H groups in total. The lowest BCUT2D eigenvalue weighted by atomic mass is 9.80. The third kappa shape index (κ3) is 6.48. The summed E-state index contributed by atoms with van der Waals surface area (Å²) in [6.07, 6.45) is 14.7. The van der Waals surface area contributed by atoms with Crippen LogP contribution in [-0.2, 0) is 15.6 Å². The van der Waals surface area contributed by atoms with Gasteiger partial charge in [-0.3, -0.25) is 4.79 Å². The number of unbranched alkanes of at least 4 members (excludes halogenated alkanes) is 2. The maximum atomic E-state index is 10.8. The highest BCUT2D eigenvalue weighted by molar-refractivity contribution is 5.70. The molecule has 0 aromatic heterocycles. The van der Waals surface area contributed by atoms with Crippen LogP contribution in [0.1, 0.15) is 70.9 Å². The molecule has 192 valence electrons. The molecule has 0 saturated carbocycles. The number of benzene rings is 2. The molecule has 3 rings (SSSR count). The van der Waals surface area contributed by atoms with Crippen molar-refractivity contribution in [1.82, 2.24) is 0 Å². The van der Waals surface area contributed by atoms with E-state index in [0.29, 0.717) is 0 Å². The lowest BCUT2D eigenvalue weighted by molar-refractivity contribution is -0.137. The SMILES string of the molecule is CNc1ccccc1C(C)(C)C/C=C/C=C/C=C1/N(CCCCCC(=O)O)c2ccccc2C1(C)C. The van der Waals surface area contributed by atoms with Crippen molar-refractivity contribution in [2.24, 2.45) is 0 Å². The van der Waals surface area contributed by atoms with E-state index in [1.165, 1.54) is 28.2 Å². The minimum absolute atomic E-state index is 0.0366. The van der Waals surface area contributed by atoms with Crippen LogP contribution in [0.4, 0.5) is 11.4 Å². The minimum atomic E-state index is -0.712. The Hall–Kier alpha value is -3.27. The Morgan fingerprint density at radius 1 is 1.00 bits per heavy atom. The summed E-state index contributed by atoms with van der Waals surface area (Å²) in [6.45, 7) is 10.0. The van der Waals surface area contributed by atoms with Crippen LogP contribution in [0.15, 0.2) is 84.6 Å². The van der Waals surface area contributed by atoms with Crippen LogP contribution in [0.2, 0.25) is 0 Å². The van der Waals surface area contributed by atoms with Crippen LogP contribution >= 0.6 is 0 Å². The molecular formula is C32H42N2O2. The first-order valence-corrected chi connectivity index (χ1v) is 13.1. The number of hydrogen-bond donors (Lipinski definition) is 2. The van der Waals surface area contributed by atoms with Crippen molar-refractivity contribution in [3.8, 4) is 0 Å². The summed E-state index contributed by atoms with van der Waals surface area (Å²) < 4.78 is 0. The second-order valence-corrected chi connectivity index (χ2v) is 10.7. The van der Waals surface area contributed by atoms with Crippen molar-refractivity contribution in [3.63, 3.8) is 0 Å². The number of carbonyl (C=O) groups is 1. The zero-order valence-electron chi connectivity index (χ0n) is 22.6. The molecule has 36 heavy (non-hydrogen) atoms. The highest BCUT2D eigenvalue weighted by Crippen LogP contribution is 2.47.